The van der Waals surface area contributed by atoms with Crippen LogP contribution in [0.1, 0.15) is 16.7 Å². The third-order valence-corrected chi connectivity index (χ3v) is 7.65. The van der Waals surface area contributed by atoms with Gasteiger partial charge in [0.05, 0.1) is 23.7 Å². The Kier molecular flexibility index (Phi) is 7.17. The van der Waals surface area contributed by atoms with Crippen LogP contribution in [-0.2, 0) is 6.54 Å². The number of benzene rings is 4. The number of para-hydroxylation sites is 3. The van der Waals surface area contributed by atoms with E-state index < -0.39 is 0 Å². The lowest BCUT2D eigenvalue weighted by molar-refractivity contribution is 0.413. The van der Waals surface area contributed by atoms with Crippen LogP contribution >= 0.6 is 0 Å². The third kappa shape index (κ3) is 4.87. The highest BCUT2D eigenvalue weighted by atomic mass is 16.5. The quantitative estimate of drug-likeness (QED) is 0.206. The molecule has 0 N–H and O–H groups in total. The van der Waals surface area contributed by atoms with Crippen molar-refractivity contribution in [1.82, 2.24) is 19.9 Å². The van der Waals surface area contributed by atoms with Gasteiger partial charge in [0.1, 0.15) is 17.4 Å². The second kappa shape index (κ2) is 11.1. The van der Waals surface area contributed by atoms with E-state index in [4.69, 9.17) is 24.7 Å². The fourth-order valence-corrected chi connectivity index (χ4v) is 5.53. The first-order valence-corrected chi connectivity index (χ1v) is 14.0. The standard InChI is InChI=1S/C35H34N6O/c1-22-13-11-17-24(32-36-29-19-9-7-15-25(29)34(38-32)40(3)4)28(22)21-41(5)35-26-16-8-10-20-30(26)37-33(39-35)27-18-12-14-23(2)31(27)42-6/h7-20H,21H2,1-6H3. The molecule has 42 heavy (non-hydrogen) atoms. The van der Waals surface area contributed by atoms with Gasteiger partial charge in [-0.15, -0.1) is 0 Å². The molecule has 4 aromatic carbocycles. The number of aromatic nitrogens is 4. The SMILES string of the molecule is COc1c(C)cccc1-c1nc(N(C)Cc2c(C)cccc2-c2nc(N(C)C)c3ccccc3n2)c2ccccc2n1. The van der Waals surface area contributed by atoms with Gasteiger partial charge in [-0.25, -0.2) is 19.9 Å². The highest BCUT2D eigenvalue weighted by Gasteiger charge is 2.20. The van der Waals surface area contributed by atoms with Gasteiger partial charge in [-0.2, -0.15) is 0 Å². The van der Waals surface area contributed by atoms with Gasteiger partial charge in [0.2, 0.25) is 0 Å². The zero-order valence-corrected chi connectivity index (χ0v) is 24.9. The van der Waals surface area contributed by atoms with E-state index in [1.54, 1.807) is 7.11 Å². The Bertz CT molecular complexity index is 1930. The van der Waals surface area contributed by atoms with Crippen LogP contribution in [-0.4, -0.2) is 48.2 Å². The minimum Gasteiger partial charge on any atom is -0.496 e. The smallest absolute Gasteiger partial charge is 0.165 e. The van der Waals surface area contributed by atoms with Gasteiger partial charge < -0.3 is 14.5 Å². The normalized spacial score (nSPS) is 11.2. The number of ether oxygens (including phenoxy) is 1. The number of hydrogen-bond donors (Lipinski definition) is 0. The van der Waals surface area contributed by atoms with Crippen LogP contribution in [0, 0.1) is 13.8 Å². The predicted octanol–water partition coefficient (Wildman–Crippen LogP) is 7.23. The Morgan fingerprint density at radius 2 is 1.14 bits per heavy atom. The summed E-state index contributed by atoms with van der Waals surface area (Å²) in [6, 6.07) is 28.7. The van der Waals surface area contributed by atoms with Crippen molar-refractivity contribution < 1.29 is 4.74 Å². The van der Waals surface area contributed by atoms with Gasteiger partial charge in [-0.3, -0.25) is 0 Å². The number of methoxy groups -OCH3 is 1. The van der Waals surface area contributed by atoms with Gasteiger partial charge in [0, 0.05) is 44.0 Å². The number of nitrogens with zero attached hydrogens (tertiary/aromatic N) is 6. The summed E-state index contributed by atoms with van der Waals surface area (Å²) in [5.74, 6) is 3.88. The van der Waals surface area contributed by atoms with E-state index in [1.807, 2.05) is 80.5 Å². The van der Waals surface area contributed by atoms with Crippen molar-refractivity contribution in [2.24, 2.45) is 0 Å². The lowest BCUT2D eigenvalue weighted by atomic mass is 10.00. The van der Waals surface area contributed by atoms with E-state index in [1.165, 1.54) is 5.56 Å². The van der Waals surface area contributed by atoms with E-state index in [-0.39, 0.29) is 0 Å². The molecule has 2 aromatic heterocycles. The molecule has 7 heteroatoms. The van der Waals surface area contributed by atoms with E-state index in [0.29, 0.717) is 18.2 Å². The number of fused-ring (bicyclic) bond motifs is 2. The number of rotatable bonds is 7. The molecule has 210 valence electrons. The van der Waals surface area contributed by atoms with Gasteiger partial charge in [-0.05, 0) is 60.9 Å². The maximum Gasteiger partial charge on any atom is 0.165 e. The van der Waals surface area contributed by atoms with E-state index in [0.717, 1.165) is 61.4 Å². The molecule has 2 heterocycles. The molecule has 7 nitrogen and oxygen atoms in total. The zero-order chi connectivity index (χ0) is 29.4. The highest BCUT2D eigenvalue weighted by Crippen LogP contribution is 2.35. The fraction of sp³-hybridized carbons (Fsp3) is 0.200. The van der Waals surface area contributed by atoms with Crippen molar-refractivity contribution in [2.45, 2.75) is 20.4 Å². The molecule has 0 aliphatic carbocycles. The van der Waals surface area contributed by atoms with Gasteiger partial charge in [0.15, 0.2) is 11.6 Å². The molecular formula is C35H34N6O. The second-order valence-corrected chi connectivity index (χ2v) is 10.8. The summed E-state index contributed by atoms with van der Waals surface area (Å²) in [5.41, 5.74) is 7.04. The van der Waals surface area contributed by atoms with E-state index in [2.05, 4.69) is 49.2 Å². The maximum atomic E-state index is 5.77. The Morgan fingerprint density at radius 3 is 1.79 bits per heavy atom. The number of anilines is 2. The molecule has 0 fully saturated rings. The molecule has 0 bridgehead atoms. The number of hydrogen-bond acceptors (Lipinski definition) is 7. The summed E-state index contributed by atoms with van der Waals surface area (Å²) in [7, 11) is 7.81. The molecule has 0 aliphatic heterocycles. The van der Waals surface area contributed by atoms with Crippen molar-refractivity contribution in [3.05, 3.63) is 102 Å². The molecule has 0 aliphatic rings. The van der Waals surface area contributed by atoms with Crippen molar-refractivity contribution in [2.75, 3.05) is 38.1 Å². The summed E-state index contributed by atoms with van der Waals surface area (Å²) in [6.45, 7) is 4.79. The van der Waals surface area contributed by atoms with Crippen LogP contribution in [0.25, 0.3) is 44.6 Å². The summed E-state index contributed by atoms with van der Waals surface area (Å²) in [4.78, 5) is 24.3. The summed E-state index contributed by atoms with van der Waals surface area (Å²) in [5, 5.41) is 2.02. The molecule has 0 atom stereocenters. The second-order valence-electron chi connectivity index (χ2n) is 10.8. The molecule has 0 unspecified atom stereocenters. The number of aryl methyl sites for hydroxylation is 2. The predicted molar refractivity (Wildman–Crippen MR) is 172 cm³/mol. The van der Waals surface area contributed by atoms with Crippen LogP contribution in [0.3, 0.4) is 0 Å². The summed E-state index contributed by atoms with van der Waals surface area (Å²) < 4.78 is 5.77. The van der Waals surface area contributed by atoms with Crippen LogP contribution in [0.2, 0.25) is 0 Å². The molecule has 0 saturated carbocycles. The summed E-state index contributed by atoms with van der Waals surface area (Å²) >= 11 is 0. The third-order valence-electron chi connectivity index (χ3n) is 7.65. The first-order valence-electron chi connectivity index (χ1n) is 14.0. The Labute approximate surface area is 246 Å². The summed E-state index contributed by atoms with van der Waals surface area (Å²) in [6.07, 6.45) is 0. The first-order chi connectivity index (χ1) is 20.4. The largest absolute Gasteiger partial charge is 0.496 e. The Hall–Kier alpha value is -5.04. The van der Waals surface area contributed by atoms with Crippen molar-refractivity contribution in [1.29, 1.82) is 0 Å². The first kappa shape index (κ1) is 27.1. The molecule has 0 saturated heterocycles. The average molecular weight is 555 g/mol. The van der Waals surface area contributed by atoms with Crippen LogP contribution in [0.15, 0.2) is 84.9 Å². The van der Waals surface area contributed by atoms with Gasteiger partial charge in [-0.1, -0.05) is 54.6 Å². The van der Waals surface area contributed by atoms with Gasteiger partial charge in [0.25, 0.3) is 0 Å². The van der Waals surface area contributed by atoms with Gasteiger partial charge >= 0.3 is 0 Å². The van der Waals surface area contributed by atoms with E-state index >= 15 is 0 Å². The average Bonchev–Trinajstić information content (AvgIpc) is 3.00. The van der Waals surface area contributed by atoms with Crippen molar-refractivity contribution >= 4 is 33.4 Å². The fourth-order valence-electron chi connectivity index (χ4n) is 5.53. The monoisotopic (exact) mass is 554 g/mol. The molecule has 6 rings (SSSR count). The minimum absolute atomic E-state index is 0.612. The molecule has 6 aromatic rings. The zero-order valence-electron chi connectivity index (χ0n) is 24.9. The van der Waals surface area contributed by atoms with Crippen LogP contribution < -0.4 is 14.5 Å². The van der Waals surface area contributed by atoms with Crippen LogP contribution in [0.4, 0.5) is 11.6 Å². The molecule has 0 spiro atoms. The van der Waals surface area contributed by atoms with Crippen molar-refractivity contribution in [3.63, 3.8) is 0 Å². The topological polar surface area (TPSA) is 67.3 Å². The van der Waals surface area contributed by atoms with Crippen LogP contribution in [0.5, 0.6) is 5.75 Å². The highest BCUT2D eigenvalue weighted by molar-refractivity contribution is 5.92. The minimum atomic E-state index is 0.612. The van der Waals surface area contributed by atoms with Crippen molar-refractivity contribution in [3.8, 4) is 28.5 Å². The molecule has 0 amide bonds. The molecular weight excluding hydrogens is 520 g/mol. The Morgan fingerprint density at radius 1 is 0.595 bits per heavy atom. The Balaban J connectivity index is 1.48. The lowest BCUT2D eigenvalue weighted by Gasteiger charge is -2.24. The van der Waals surface area contributed by atoms with E-state index in [9.17, 15) is 0 Å². The lowest BCUT2D eigenvalue weighted by Crippen LogP contribution is -2.20. The molecule has 0 radical (unpaired) electrons. The maximum absolute atomic E-state index is 5.77.